The van der Waals surface area contributed by atoms with Crippen LogP contribution in [0.4, 0.5) is 0 Å². The Hall–Kier alpha value is -3.41. The Bertz CT molecular complexity index is 988. The van der Waals surface area contributed by atoms with Gasteiger partial charge in [-0.25, -0.2) is 4.98 Å². The molecule has 0 aliphatic carbocycles. The summed E-state index contributed by atoms with van der Waals surface area (Å²) in [6.07, 6.45) is 4.58. The zero-order valence-corrected chi connectivity index (χ0v) is 16.3. The molecule has 6 nitrogen and oxygen atoms in total. The topological polar surface area (TPSA) is 64.4 Å². The molecule has 0 N–H and O–H groups in total. The van der Waals surface area contributed by atoms with Crippen molar-refractivity contribution in [1.29, 1.82) is 0 Å². The van der Waals surface area contributed by atoms with Crippen LogP contribution in [0.1, 0.15) is 33.7 Å². The van der Waals surface area contributed by atoms with Gasteiger partial charge in [0, 0.05) is 30.3 Å². The number of carbonyl (C=O) groups excluding carboxylic acids is 2. The van der Waals surface area contributed by atoms with E-state index in [2.05, 4.69) is 4.98 Å². The second-order valence-electron chi connectivity index (χ2n) is 7.14. The van der Waals surface area contributed by atoms with Gasteiger partial charge >= 0.3 is 0 Å². The van der Waals surface area contributed by atoms with Crippen molar-refractivity contribution in [3.05, 3.63) is 78.4 Å². The van der Waals surface area contributed by atoms with Crippen molar-refractivity contribution in [2.45, 2.75) is 12.8 Å². The molecule has 0 unspecified atom stereocenters. The van der Waals surface area contributed by atoms with E-state index >= 15 is 0 Å². The van der Waals surface area contributed by atoms with Crippen LogP contribution in [0.2, 0.25) is 0 Å². The Morgan fingerprint density at radius 3 is 2.34 bits per heavy atom. The van der Waals surface area contributed by atoms with Gasteiger partial charge in [0.15, 0.2) is 5.78 Å². The second kappa shape index (κ2) is 8.31. The van der Waals surface area contributed by atoms with Gasteiger partial charge in [0.05, 0.1) is 19.6 Å². The van der Waals surface area contributed by atoms with E-state index in [0.29, 0.717) is 37.2 Å². The number of ether oxygens (including phenoxy) is 1. The van der Waals surface area contributed by atoms with Crippen molar-refractivity contribution >= 4 is 11.7 Å². The highest BCUT2D eigenvalue weighted by molar-refractivity contribution is 5.98. The number of imidazole rings is 1. The monoisotopic (exact) mass is 389 g/mol. The van der Waals surface area contributed by atoms with Crippen molar-refractivity contribution < 1.29 is 14.3 Å². The van der Waals surface area contributed by atoms with Gasteiger partial charge in [0.1, 0.15) is 11.4 Å². The molecule has 1 amide bonds. The Labute approximate surface area is 169 Å². The van der Waals surface area contributed by atoms with E-state index in [-0.39, 0.29) is 17.6 Å². The standard InChI is InChI=1S/C23H23N3O3/c1-29-20-9-7-17(8-10-20)22(27)18-11-13-25(14-12-18)23(28)21-15-24-16-26(21)19-5-3-2-4-6-19/h2-10,15-16,18H,11-14H2,1H3. The van der Waals surface area contributed by atoms with Gasteiger partial charge < -0.3 is 9.64 Å². The van der Waals surface area contributed by atoms with Crippen molar-refractivity contribution in [2.24, 2.45) is 5.92 Å². The molecule has 3 aromatic rings. The average Bonchev–Trinajstić information content (AvgIpc) is 3.29. The van der Waals surface area contributed by atoms with E-state index in [1.54, 1.807) is 48.5 Å². The first-order valence-corrected chi connectivity index (χ1v) is 9.72. The number of benzene rings is 2. The molecule has 2 heterocycles. The van der Waals surface area contributed by atoms with Crippen molar-refractivity contribution in [1.82, 2.24) is 14.5 Å². The molecule has 0 atom stereocenters. The average molecular weight is 389 g/mol. The lowest BCUT2D eigenvalue weighted by Gasteiger charge is -2.31. The Kier molecular flexibility index (Phi) is 5.42. The summed E-state index contributed by atoms with van der Waals surface area (Å²) in [7, 11) is 1.60. The summed E-state index contributed by atoms with van der Waals surface area (Å²) in [6, 6.07) is 16.9. The van der Waals surface area contributed by atoms with Gasteiger partial charge in [-0.3, -0.25) is 14.2 Å². The zero-order valence-electron chi connectivity index (χ0n) is 16.3. The first-order valence-electron chi connectivity index (χ1n) is 9.72. The van der Waals surface area contributed by atoms with Crippen LogP contribution in [0.15, 0.2) is 67.1 Å². The second-order valence-corrected chi connectivity index (χ2v) is 7.14. The summed E-state index contributed by atoms with van der Waals surface area (Å²) in [4.78, 5) is 31.8. The fourth-order valence-corrected chi connectivity index (χ4v) is 3.75. The molecule has 4 rings (SSSR count). The molecule has 2 aromatic carbocycles. The van der Waals surface area contributed by atoms with Crippen molar-refractivity contribution in [3.8, 4) is 11.4 Å². The van der Waals surface area contributed by atoms with Gasteiger partial charge in [-0.05, 0) is 49.2 Å². The van der Waals surface area contributed by atoms with Crippen LogP contribution in [-0.4, -0.2) is 46.3 Å². The summed E-state index contributed by atoms with van der Waals surface area (Å²) in [6.45, 7) is 1.12. The summed E-state index contributed by atoms with van der Waals surface area (Å²) in [5.41, 5.74) is 2.13. The third-order valence-corrected chi connectivity index (χ3v) is 5.42. The lowest BCUT2D eigenvalue weighted by Crippen LogP contribution is -2.40. The first kappa shape index (κ1) is 18.9. The van der Waals surface area contributed by atoms with Gasteiger partial charge in [0.2, 0.25) is 0 Å². The molecule has 1 aromatic heterocycles. The summed E-state index contributed by atoms with van der Waals surface area (Å²) >= 11 is 0. The third-order valence-electron chi connectivity index (χ3n) is 5.42. The maximum atomic E-state index is 13.0. The molecular weight excluding hydrogens is 366 g/mol. The Balaban J connectivity index is 1.42. The van der Waals surface area contributed by atoms with Crippen molar-refractivity contribution in [2.75, 3.05) is 20.2 Å². The Morgan fingerprint density at radius 2 is 1.69 bits per heavy atom. The minimum absolute atomic E-state index is 0.0540. The summed E-state index contributed by atoms with van der Waals surface area (Å²) in [5.74, 6) is 0.749. The smallest absolute Gasteiger partial charge is 0.272 e. The fourth-order valence-electron chi connectivity index (χ4n) is 3.75. The molecule has 6 heteroatoms. The Morgan fingerprint density at radius 1 is 1.00 bits per heavy atom. The van der Waals surface area contributed by atoms with Crippen LogP contribution >= 0.6 is 0 Å². The van der Waals surface area contributed by atoms with Crippen molar-refractivity contribution in [3.63, 3.8) is 0 Å². The van der Waals surface area contributed by atoms with E-state index in [0.717, 1.165) is 11.4 Å². The molecule has 148 valence electrons. The SMILES string of the molecule is COc1ccc(C(=O)C2CCN(C(=O)c3cncn3-c3ccccc3)CC2)cc1. The lowest BCUT2D eigenvalue weighted by atomic mass is 9.89. The minimum Gasteiger partial charge on any atom is -0.497 e. The number of piperidine rings is 1. The number of ketones is 1. The predicted molar refractivity (Wildman–Crippen MR) is 110 cm³/mol. The number of methoxy groups -OCH3 is 1. The third kappa shape index (κ3) is 3.92. The van der Waals surface area contributed by atoms with E-state index in [9.17, 15) is 9.59 Å². The molecule has 1 aliphatic rings. The summed E-state index contributed by atoms with van der Waals surface area (Å²) < 4.78 is 6.95. The van der Waals surface area contributed by atoms with Crippen LogP contribution < -0.4 is 4.74 Å². The number of amides is 1. The van der Waals surface area contributed by atoms with E-state index in [4.69, 9.17) is 4.74 Å². The number of hydrogen-bond acceptors (Lipinski definition) is 4. The molecular formula is C23H23N3O3. The van der Waals surface area contributed by atoms with Gasteiger partial charge in [-0.2, -0.15) is 0 Å². The van der Waals surface area contributed by atoms with Gasteiger partial charge in [0.25, 0.3) is 5.91 Å². The number of para-hydroxylation sites is 1. The zero-order chi connectivity index (χ0) is 20.2. The highest BCUT2D eigenvalue weighted by Crippen LogP contribution is 2.24. The van der Waals surface area contributed by atoms with Gasteiger partial charge in [-0.15, -0.1) is 0 Å². The minimum atomic E-state index is -0.0634. The van der Waals surface area contributed by atoms with Crippen LogP contribution in [0.5, 0.6) is 5.75 Å². The largest absolute Gasteiger partial charge is 0.497 e. The fraction of sp³-hybridized carbons (Fsp3) is 0.261. The highest BCUT2D eigenvalue weighted by atomic mass is 16.5. The quantitative estimate of drug-likeness (QED) is 0.625. The highest BCUT2D eigenvalue weighted by Gasteiger charge is 2.29. The molecule has 0 saturated carbocycles. The number of nitrogens with zero attached hydrogens (tertiary/aromatic N) is 3. The van der Waals surface area contributed by atoms with Gasteiger partial charge in [-0.1, -0.05) is 18.2 Å². The van der Waals surface area contributed by atoms with Crippen LogP contribution in [0, 0.1) is 5.92 Å². The van der Waals surface area contributed by atoms with E-state index < -0.39 is 0 Å². The maximum absolute atomic E-state index is 13.0. The first-order chi connectivity index (χ1) is 14.2. The number of hydrogen-bond donors (Lipinski definition) is 0. The van der Waals surface area contributed by atoms with E-state index in [1.807, 2.05) is 35.2 Å². The number of Topliss-reactive ketones (excluding diaryl/α,β-unsaturated/α-hetero) is 1. The molecule has 0 spiro atoms. The number of aromatic nitrogens is 2. The molecule has 1 aliphatic heterocycles. The summed E-state index contributed by atoms with van der Waals surface area (Å²) in [5, 5.41) is 0. The van der Waals surface area contributed by atoms with E-state index in [1.165, 1.54) is 0 Å². The number of rotatable bonds is 5. The van der Waals surface area contributed by atoms with Crippen LogP contribution in [0.3, 0.4) is 0 Å². The molecule has 1 fully saturated rings. The molecule has 29 heavy (non-hydrogen) atoms. The predicted octanol–water partition coefficient (Wildman–Crippen LogP) is 3.62. The lowest BCUT2D eigenvalue weighted by molar-refractivity contribution is 0.0644. The van der Waals surface area contributed by atoms with Crippen LogP contribution in [-0.2, 0) is 0 Å². The molecule has 0 bridgehead atoms. The molecule has 1 saturated heterocycles. The molecule has 0 radical (unpaired) electrons. The number of likely N-dealkylation sites (tertiary alicyclic amines) is 1. The van der Waals surface area contributed by atoms with Crippen LogP contribution in [0.25, 0.3) is 5.69 Å². The number of carbonyl (C=O) groups is 2. The normalized spacial score (nSPS) is 14.6. The maximum Gasteiger partial charge on any atom is 0.272 e.